The third kappa shape index (κ3) is 3.43. The van der Waals surface area contributed by atoms with Crippen molar-refractivity contribution in [3.05, 3.63) is 54.3 Å². The predicted octanol–water partition coefficient (Wildman–Crippen LogP) is 3.41. The Hall–Kier alpha value is -3.35. The van der Waals surface area contributed by atoms with E-state index in [2.05, 4.69) is 4.98 Å². The van der Waals surface area contributed by atoms with Gasteiger partial charge >= 0.3 is 6.09 Å². The molecule has 144 valence electrons. The number of piperazine rings is 1. The highest BCUT2D eigenvalue weighted by Crippen LogP contribution is 2.26. The minimum Gasteiger partial charge on any atom is -0.463 e. The van der Waals surface area contributed by atoms with Crippen molar-refractivity contribution in [1.29, 1.82) is 0 Å². The molecule has 1 aliphatic heterocycles. The van der Waals surface area contributed by atoms with Gasteiger partial charge in [-0.2, -0.15) is 0 Å². The lowest BCUT2D eigenvalue weighted by Crippen LogP contribution is -2.50. The summed E-state index contributed by atoms with van der Waals surface area (Å²) in [7, 11) is 0. The summed E-state index contributed by atoms with van der Waals surface area (Å²) in [6, 6.07) is 13.0. The van der Waals surface area contributed by atoms with E-state index in [9.17, 15) is 9.59 Å². The number of aromatic nitrogens is 1. The Labute approximate surface area is 162 Å². The summed E-state index contributed by atoms with van der Waals surface area (Å²) in [4.78, 5) is 33.2. The Morgan fingerprint density at radius 3 is 2.54 bits per heavy atom. The molecule has 28 heavy (non-hydrogen) atoms. The van der Waals surface area contributed by atoms with Crippen LogP contribution < -0.4 is 0 Å². The van der Waals surface area contributed by atoms with Crippen molar-refractivity contribution in [2.45, 2.75) is 6.92 Å². The molecule has 3 aromatic rings. The Morgan fingerprint density at radius 1 is 1.07 bits per heavy atom. The number of furan rings is 1. The number of pyridine rings is 1. The third-order valence-electron chi connectivity index (χ3n) is 4.81. The molecule has 0 aliphatic carbocycles. The molecule has 0 radical (unpaired) electrons. The summed E-state index contributed by atoms with van der Waals surface area (Å²) in [6.07, 6.45) is 1.26. The molecule has 7 nitrogen and oxygen atoms in total. The highest BCUT2D eigenvalue weighted by atomic mass is 16.6. The number of benzene rings is 1. The van der Waals surface area contributed by atoms with Crippen molar-refractivity contribution in [2.24, 2.45) is 0 Å². The van der Waals surface area contributed by atoms with Crippen LogP contribution in [0.2, 0.25) is 0 Å². The molecule has 0 atom stereocenters. The quantitative estimate of drug-likeness (QED) is 0.697. The van der Waals surface area contributed by atoms with Gasteiger partial charge in [0.05, 0.1) is 24.0 Å². The van der Waals surface area contributed by atoms with Gasteiger partial charge in [0.1, 0.15) is 5.69 Å². The number of fused-ring (bicyclic) bond motifs is 1. The molecule has 2 aromatic heterocycles. The van der Waals surface area contributed by atoms with Crippen LogP contribution in [-0.4, -0.2) is 59.6 Å². The molecule has 0 N–H and O–H groups in total. The largest absolute Gasteiger partial charge is 0.463 e. The number of nitrogens with zero attached hydrogens (tertiary/aromatic N) is 3. The molecule has 1 aromatic carbocycles. The Balaban J connectivity index is 1.62. The standard InChI is InChI=1S/C21H21N3O4/c1-2-27-21(26)24-11-9-23(10-12-24)20(25)16-14-18(19-8-5-13-28-19)22-17-7-4-3-6-15(16)17/h3-8,13-14H,2,9-12H2,1H3. The van der Waals surface area contributed by atoms with E-state index < -0.39 is 0 Å². The van der Waals surface area contributed by atoms with Crippen molar-refractivity contribution in [3.63, 3.8) is 0 Å². The van der Waals surface area contributed by atoms with Crippen molar-refractivity contribution in [2.75, 3.05) is 32.8 Å². The predicted molar refractivity (Wildman–Crippen MR) is 104 cm³/mol. The highest BCUT2D eigenvalue weighted by molar-refractivity contribution is 6.07. The van der Waals surface area contributed by atoms with Crippen molar-refractivity contribution in [3.8, 4) is 11.5 Å². The molecular formula is C21H21N3O4. The number of hydrogen-bond donors (Lipinski definition) is 0. The Morgan fingerprint density at radius 2 is 1.82 bits per heavy atom. The van der Waals surface area contributed by atoms with Gasteiger partial charge in [-0.3, -0.25) is 4.79 Å². The first-order valence-corrected chi connectivity index (χ1v) is 9.32. The average molecular weight is 379 g/mol. The van der Waals surface area contributed by atoms with E-state index in [1.54, 1.807) is 35.1 Å². The Kier molecular flexibility index (Phi) is 4.97. The summed E-state index contributed by atoms with van der Waals surface area (Å²) in [5, 5.41) is 0.802. The molecule has 3 heterocycles. The minimum absolute atomic E-state index is 0.0742. The van der Waals surface area contributed by atoms with Crippen LogP contribution in [0.1, 0.15) is 17.3 Å². The van der Waals surface area contributed by atoms with E-state index in [1.165, 1.54) is 0 Å². The lowest BCUT2D eigenvalue weighted by molar-refractivity contribution is 0.0572. The third-order valence-corrected chi connectivity index (χ3v) is 4.81. The van der Waals surface area contributed by atoms with Gasteiger partial charge < -0.3 is 19.0 Å². The molecule has 0 bridgehead atoms. The van der Waals surface area contributed by atoms with Crippen molar-refractivity contribution in [1.82, 2.24) is 14.8 Å². The highest BCUT2D eigenvalue weighted by Gasteiger charge is 2.27. The lowest BCUT2D eigenvalue weighted by Gasteiger charge is -2.34. The molecule has 4 rings (SSSR count). The number of carbonyl (C=O) groups is 2. The van der Waals surface area contributed by atoms with Gasteiger partial charge in [-0.05, 0) is 31.2 Å². The zero-order valence-electron chi connectivity index (χ0n) is 15.6. The molecule has 1 aliphatic rings. The van der Waals surface area contributed by atoms with Crippen LogP contribution in [0.15, 0.2) is 53.1 Å². The van der Waals surface area contributed by atoms with Crippen LogP contribution in [0.4, 0.5) is 4.79 Å². The maximum atomic E-state index is 13.3. The van der Waals surface area contributed by atoms with Gasteiger partial charge in [-0.1, -0.05) is 18.2 Å². The summed E-state index contributed by atoms with van der Waals surface area (Å²) >= 11 is 0. The topological polar surface area (TPSA) is 75.9 Å². The van der Waals surface area contributed by atoms with Crippen LogP contribution in [0, 0.1) is 0 Å². The SMILES string of the molecule is CCOC(=O)N1CCN(C(=O)c2cc(-c3ccco3)nc3ccccc23)CC1. The molecule has 0 spiro atoms. The first-order valence-electron chi connectivity index (χ1n) is 9.32. The lowest BCUT2D eigenvalue weighted by atomic mass is 10.0. The molecule has 0 saturated carbocycles. The number of rotatable bonds is 3. The molecule has 1 saturated heterocycles. The monoisotopic (exact) mass is 379 g/mol. The Bertz CT molecular complexity index is 992. The number of carbonyl (C=O) groups excluding carboxylic acids is 2. The minimum atomic E-state index is -0.330. The molecule has 7 heteroatoms. The first-order chi connectivity index (χ1) is 13.7. The smallest absolute Gasteiger partial charge is 0.409 e. The van der Waals surface area contributed by atoms with Gasteiger partial charge in [0, 0.05) is 31.6 Å². The normalized spacial score (nSPS) is 14.3. The van der Waals surface area contributed by atoms with Crippen molar-refractivity contribution >= 4 is 22.9 Å². The summed E-state index contributed by atoms with van der Waals surface area (Å²) < 4.78 is 10.5. The van der Waals surface area contributed by atoms with Gasteiger partial charge in [-0.15, -0.1) is 0 Å². The molecule has 1 fully saturated rings. The van der Waals surface area contributed by atoms with Crippen LogP contribution in [0.5, 0.6) is 0 Å². The number of hydrogen-bond acceptors (Lipinski definition) is 5. The van der Waals surface area contributed by atoms with E-state index in [0.717, 1.165) is 10.9 Å². The second kappa shape index (κ2) is 7.72. The van der Waals surface area contributed by atoms with Gasteiger partial charge in [-0.25, -0.2) is 9.78 Å². The molecule has 2 amide bonds. The maximum absolute atomic E-state index is 13.3. The zero-order valence-corrected chi connectivity index (χ0v) is 15.6. The van der Waals surface area contributed by atoms with E-state index in [4.69, 9.17) is 9.15 Å². The van der Waals surface area contributed by atoms with E-state index >= 15 is 0 Å². The van der Waals surface area contributed by atoms with E-state index in [0.29, 0.717) is 49.8 Å². The fourth-order valence-corrected chi connectivity index (χ4v) is 3.38. The second-order valence-corrected chi connectivity index (χ2v) is 6.53. The average Bonchev–Trinajstić information content (AvgIpc) is 3.28. The molecule has 0 unspecified atom stereocenters. The van der Waals surface area contributed by atoms with Crippen molar-refractivity contribution < 1.29 is 18.7 Å². The zero-order chi connectivity index (χ0) is 19.5. The van der Waals surface area contributed by atoms with Crippen LogP contribution in [0.3, 0.4) is 0 Å². The first kappa shape index (κ1) is 18.0. The van der Waals surface area contributed by atoms with E-state index in [1.807, 2.05) is 30.3 Å². The number of ether oxygens (including phenoxy) is 1. The summed E-state index contributed by atoms with van der Waals surface area (Å²) in [6.45, 7) is 3.96. The van der Waals surface area contributed by atoms with Crippen LogP contribution >= 0.6 is 0 Å². The van der Waals surface area contributed by atoms with Gasteiger partial charge in [0.2, 0.25) is 0 Å². The summed E-state index contributed by atoms with van der Waals surface area (Å²) in [5.74, 6) is 0.543. The van der Waals surface area contributed by atoms with Crippen LogP contribution in [0.25, 0.3) is 22.4 Å². The fourth-order valence-electron chi connectivity index (χ4n) is 3.38. The van der Waals surface area contributed by atoms with Gasteiger partial charge in [0.25, 0.3) is 5.91 Å². The molecular weight excluding hydrogens is 358 g/mol. The van der Waals surface area contributed by atoms with Gasteiger partial charge in [0.15, 0.2) is 5.76 Å². The summed E-state index contributed by atoms with van der Waals surface area (Å²) in [5.41, 5.74) is 1.95. The second-order valence-electron chi connectivity index (χ2n) is 6.53. The van der Waals surface area contributed by atoms with E-state index in [-0.39, 0.29) is 12.0 Å². The van der Waals surface area contributed by atoms with Crippen LogP contribution in [-0.2, 0) is 4.74 Å². The number of amides is 2. The maximum Gasteiger partial charge on any atom is 0.409 e. The fraction of sp³-hybridized carbons (Fsp3) is 0.286. The number of para-hydroxylation sites is 1.